The summed E-state index contributed by atoms with van der Waals surface area (Å²) in [7, 11) is 2.90. The zero-order valence-corrected chi connectivity index (χ0v) is 42.5. The van der Waals surface area contributed by atoms with Crippen molar-refractivity contribution in [3.8, 4) is 57.5 Å². The van der Waals surface area contributed by atoms with E-state index in [9.17, 15) is 40.2 Å². The second-order valence-corrected chi connectivity index (χ2v) is 14.6. The molecule has 0 fully saturated rings. The van der Waals surface area contributed by atoms with Crippen LogP contribution in [0.4, 0.5) is 0 Å². The van der Waals surface area contributed by atoms with Crippen LogP contribution in [0.5, 0.6) is 57.5 Å². The van der Waals surface area contributed by atoms with Crippen molar-refractivity contribution in [2.24, 2.45) is 10.2 Å². The Kier molecular flexibility index (Phi) is 22.6. The van der Waals surface area contributed by atoms with Crippen molar-refractivity contribution in [2.45, 2.75) is 25.0 Å². The van der Waals surface area contributed by atoms with Crippen LogP contribution in [-0.4, -0.2) is 99.0 Å². The summed E-state index contributed by atoms with van der Waals surface area (Å²) in [6.45, 7) is 0. The average Bonchev–Trinajstić information content (AvgIpc) is 3.34. The molecule has 75 heavy (non-hydrogen) atoms. The largest absolute Gasteiger partial charge is 3.00 e. The Bertz CT molecular complexity index is 2810. The molecule has 29 heteroatoms. The van der Waals surface area contributed by atoms with Gasteiger partial charge in [-0.1, -0.05) is 48.5 Å². The molecule has 0 saturated carbocycles. The number of hydrogen-bond acceptors (Lipinski definition) is 20. The molecule has 388 valence electrons. The number of phenols is 6. The third-order valence-electron chi connectivity index (χ3n) is 9.81. The number of rotatable bonds is 8. The van der Waals surface area contributed by atoms with Crippen molar-refractivity contribution in [3.05, 3.63) is 185 Å². The predicted octanol–water partition coefficient (Wildman–Crippen LogP) is 5.90. The van der Waals surface area contributed by atoms with Crippen LogP contribution in [0, 0.1) is 65.9 Å². The number of phenolic OH excluding ortho intramolecular Hbond substituents is 6. The van der Waals surface area contributed by atoms with Crippen molar-refractivity contribution in [3.63, 3.8) is 0 Å². The Labute approximate surface area is 449 Å². The van der Waals surface area contributed by atoms with E-state index in [0.717, 1.165) is 0 Å². The van der Waals surface area contributed by atoms with Gasteiger partial charge in [-0.2, -0.15) is 10.2 Å². The standard InChI is InChI=1S/2C23H20N2O6.La.3HNO3/c2*1-30-19-8-7-14(9-17(19)27)20-12-16(22-18(28)10-15(26)11-21(22)31-20)24-25-23(29)13-5-3-2-4-6-13;;3*2-1(3)4/h2*2-11,20,26-28H,12H2,1H3,(H,25,29);;3*(H,2,3,4)/q;;+3;;;/b2*24-16+;;;;. The summed E-state index contributed by atoms with van der Waals surface area (Å²) in [6.07, 6.45) is -0.769. The summed E-state index contributed by atoms with van der Waals surface area (Å²) < 4.78 is 22.1. The summed E-state index contributed by atoms with van der Waals surface area (Å²) in [5.41, 5.74) is 8.43. The normalized spacial score (nSPS) is 14.4. The number of fused-ring (bicyclic) bond motifs is 2. The van der Waals surface area contributed by atoms with E-state index >= 15 is 0 Å². The van der Waals surface area contributed by atoms with Crippen LogP contribution in [-0.2, 0) is 0 Å². The molecule has 0 saturated heterocycles. The molecular formula is C46H43LaN7O21+3. The number of carbonyl (C=O) groups is 2. The van der Waals surface area contributed by atoms with E-state index in [2.05, 4.69) is 21.1 Å². The van der Waals surface area contributed by atoms with Gasteiger partial charge in [0.25, 0.3) is 27.1 Å². The number of ether oxygens (including phenoxy) is 4. The predicted molar refractivity (Wildman–Crippen MR) is 252 cm³/mol. The Morgan fingerprint density at radius 1 is 0.533 bits per heavy atom. The molecule has 2 unspecified atom stereocenters. The molecule has 2 atom stereocenters. The van der Waals surface area contributed by atoms with Crippen LogP contribution in [0.1, 0.15) is 68.0 Å². The fraction of sp³-hybridized carbons (Fsp3) is 0.130. The molecule has 2 heterocycles. The Balaban J connectivity index is 0.000000322. The molecular weight excluding hydrogens is 1130 g/mol. The van der Waals surface area contributed by atoms with Gasteiger partial charge in [0.2, 0.25) is 0 Å². The van der Waals surface area contributed by atoms with Crippen molar-refractivity contribution in [1.29, 1.82) is 0 Å². The van der Waals surface area contributed by atoms with Gasteiger partial charge in [-0.05, 0) is 59.7 Å². The first-order valence-corrected chi connectivity index (χ1v) is 20.7. The van der Waals surface area contributed by atoms with Gasteiger partial charge in [0.1, 0.15) is 46.7 Å². The van der Waals surface area contributed by atoms with Gasteiger partial charge < -0.3 is 65.2 Å². The Hall–Kier alpha value is -9.61. The maximum absolute atomic E-state index is 12.4. The molecule has 0 aromatic heterocycles. The van der Waals surface area contributed by atoms with Crippen molar-refractivity contribution >= 4 is 23.2 Å². The van der Waals surface area contributed by atoms with Crippen LogP contribution in [0.15, 0.2) is 132 Å². The zero-order chi connectivity index (χ0) is 54.6. The third kappa shape index (κ3) is 17.9. The van der Waals surface area contributed by atoms with Gasteiger partial charge in [0, 0.05) is 48.2 Å². The van der Waals surface area contributed by atoms with Gasteiger partial charge in [0.15, 0.2) is 23.0 Å². The van der Waals surface area contributed by atoms with Gasteiger partial charge in [0.05, 0.1) is 36.8 Å². The smallest absolute Gasteiger partial charge is 0.508 e. The van der Waals surface area contributed by atoms with Gasteiger partial charge in [-0.3, -0.25) is 9.59 Å². The van der Waals surface area contributed by atoms with Crippen molar-refractivity contribution in [1.82, 2.24) is 10.9 Å². The van der Waals surface area contributed by atoms with E-state index in [1.54, 1.807) is 84.9 Å². The van der Waals surface area contributed by atoms with E-state index in [0.29, 0.717) is 45.2 Å². The number of hydrogen-bond donors (Lipinski definition) is 11. The molecule has 0 spiro atoms. The minimum absolute atomic E-state index is 0. The topological polar surface area (TPSA) is 431 Å². The third-order valence-corrected chi connectivity index (χ3v) is 9.81. The number of nitrogens with one attached hydrogen (secondary N) is 2. The molecule has 0 aliphatic carbocycles. The number of benzene rings is 6. The second kappa shape index (κ2) is 28.4. The fourth-order valence-electron chi connectivity index (χ4n) is 6.82. The molecule has 0 bridgehead atoms. The summed E-state index contributed by atoms with van der Waals surface area (Å²) >= 11 is 0. The minimum atomic E-state index is -1.50. The van der Waals surface area contributed by atoms with Crippen LogP contribution in [0.25, 0.3) is 0 Å². The van der Waals surface area contributed by atoms with E-state index in [1.165, 1.54) is 50.6 Å². The number of nitrogens with zero attached hydrogens (tertiary/aromatic N) is 5. The molecule has 28 nitrogen and oxygen atoms in total. The number of carbonyl (C=O) groups excluding carboxylic acids is 2. The van der Waals surface area contributed by atoms with Crippen LogP contribution >= 0.6 is 0 Å². The van der Waals surface area contributed by atoms with Crippen molar-refractivity contribution in [2.75, 3.05) is 14.2 Å². The van der Waals surface area contributed by atoms with E-state index < -0.39 is 39.3 Å². The van der Waals surface area contributed by atoms with E-state index in [-0.39, 0.29) is 106 Å². The summed E-state index contributed by atoms with van der Waals surface area (Å²) in [5, 5.41) is 110. The number of aromatic hydroxyl groups is 6. The van der Waals surface area contributed by atoms with E-state index in [4.69, 9.17) is 64.9 Å². The minimum Gasteiger partial charge on any atom is -0.508 e. The first kappa shape index (κ1) is 59.7. The maximum atomic E-state index is 12.4. The SMILES string of the molecule is COc1ccc(C2C/C(=N\NC(=O)c3ccccc3)c3c(O)cc(O)cc3O2)cc1O.COc1ccc(C2C/C(=N\NC(=O)c3ccccc3)c3c(O)cc(O)cc3O2)cc1O.O=[N+]([O-])O.O=[N+]([O-])O.O=[N+]([O-])O.[La+3]. The molecule has 8 rings (SSSR count). The first-order chi connectivity index (χ1) is 35.1. The van der Waals surface area contributed by atoms with E-state index in [1.807, 2.05) is 0 Å². The maximum Gasteiger partial charge on any atom is 3.00 e. The van der Waals surface area contributed by atoms with Gasteiger partial charge >= 0.3 is 35.6 Å². The number of methoxy groups -OCH3 is 2. The number of hydrazone groups is 2. The molecule has 2 amide bonds. The molecule has 6 aromatic rings. The first-order valence-electron chi connectivity index (χ1n) is 20.7. The zero-order valence-electron chi connectivity index (χ0n) is 38.9. The van der Waals surface area contributed by atoms with Crippen LogP contribution < -0.4 is 29.8 Å². The van der Waals surface area contributed by atoms with Crippen LogP contribution in [0.3, 0.4) is 0 Å². The van der Waals surface area contributed by atoms with Gasteiger partial charge in [-0.15, -0.1) is 30.3 Å². The van der Waals surface area contributed by atoms with Crippen LogP contribution in [0.2, 0.25) is 0 Å². The quantitative estimate of drug-likeness (QED) is 0.0624. The summed E-state index contributed by atoms with van der Waals surface area (Å²) in [5.74, 6) is -0.669. The Morgan fingerprint density at radius 2 is 0.853 bits per heavy atom. The molecule has 2 aliphatic heterocycles. The average molecular weight is 1170 g/mol. The second-order valence-electron chi connectivity index (χ2n) is 14.6. The molecule has 2 aliphatic rings. The monoisotopic (exact) mass is 1170 g/mol. The van der Waals surface area contributed by atoms with Crippen molar-refractivity contribution < 1.29 is 126 Å². The fourth-order valence-corrected chi connectivity index (χ4v) is 6.82. The number of amides is 2. The molecule has 11 N–H and O–H groups in total. The summed E-state index contributed by atoms with van der Waals surface area (Å²) in [4.78, 5) is 49.9. The summed E-state index contributed by atoms with van der Waals surface area (Å²) in [6, 6.07) is 32.0. The molecule has 6 aromatic carbocycles. The van der Waals surface area contributed by atoms with Gasteiger partial charge in [-0.25, -0.2) is 10.9 Å². The Morgan fingerprint density at radius 3 is 1.15 bits per heavy atom. The molecule has 0 radical (unpaired) electrons.